The molecule has 1 aromatic heterocycles. The lowest BCUT2D eigenvalue weighted by molar-refractivity contribution is -0.385. The lowest BCUT2D eigenvalue weighted by Gasteiger charge is -2.11. The number of halogens is 1. The summed E-state index contributed by atoms with van der Waals surface area (Å²) in [6.45, 7) is 3.34. The summed E-state index contributed by atoms with van der Waals surface area (Å²) in [5.74, 6) is -0.0423. The fourth-order valence-corrected chi connectivity index (χ4v) is 2.42. The first-order valence-electron chi connectivity index (χ1n) is 6.79. The summed E-state index contributed by atoms with van der Waals surface area (Å²) >= 11 is 8.43. The van der Waals surface area contributed by atoms with Crippen molar-refractivity contribution in [2.24, 2.45) is 0 Å². The molecule has 0 aliphatic carbocycles. The molecule has 124 valence electrons. The molecule has 1 amide bonds. The molecule has 0 aliphatic heterocycles. The third-order valence-electron chi connectivity index (χ3n) is 3.24. The van der Waals surface area contributed by atoms with Gasteiger partial charge in [0.05, 0.1) is 10.6 Å². The van der Waals surface area contributed by atoms with Gasteiger partial charge in [-0.05, 0) is 60.2 Å². The van der Waals surface area contributed by atoms with Crippen molar-refractivity contribution in [1.29, 1.82) is 0 Å². The number of pyridine rings is 1. The van der Waals surface area contributed by atoms with E-state index in [4.69, 9.17) is 12.2 Å². The van der Waals surface area contributed by atoms with Gasteiger partial charge in [-0.25, -0.2) is 4.98 Å². The number of nitrogens with one attached hydrogen (secondary N) is 2. The van der Waals surface area contributed by atoms with Gasteiger partial charge in [0, 0.05) is 21.7 Å². The van der Waals surface area contributed by atoms with Crippen LogP contribution in [0, 0.1) is 24.0 Å². The molecule has 24 heavy (non-hydrogen) atoms. The van der Waals surface area contributed by atoms with Gasteiger partial charge in [0.25, 0.3) is 11.6 Å². The lowest BCUT2D eigenvalue weighted by Crippen LogP contribution is -2.34. The number of amides is 1. The molecule has 9 heteroatoms. The number of hydrogen-bond donors (Lipinski definition) is 2. The monoisotopic (exact) mass is 408 g/mol. The van der Waals surface area contributed by atoms with Crippen LogP contribution in [0.5, 0.6) is 0 Å². The first-order chi connectivity index (χ1) is 11.3. The molecule has 2 N–H and O–H groups in total. The molecule has 0 atom stereocenters. The molecule has 0 unspecified atom stereocenters. The quantitative estimate of drug-likeness (QED) is 0.458. The predicted octanol–water partition coefficient (Wildman–Crippen LogP) is 3.50. The van der Waals surface area contributed by atoms with Gasteiger partial charge in [-0.3, -0.25) is 20.2 Å². The Morgan fingerprint density at radius 3 is 2.62 bits per heavy atom. The van der Waals surface area contributed by atoms with Gasteiger partial charge in [-0.2, -0.15) is 0 Å². The van der Waals surface area contributed by atoms with Crippen molar-refractivity contribution in [3.63, 3.8) is 0 Å². The molecule has 0 radical (unpaired) electrons. The van der Waals surface area contributed by atoms with Crippen molar-refractivity contribution in [2.75, 3.05) is 5.32 Å². The first-order valence-corrected chi connectivity index (χ1v) is 7.99. The highest BCUT2D eigenvalue weighted by atomic mass is 79.9. The number of anilines is 1. The number of aromatic nitrogens is 1. The second kappa shape index (κ2) is 7.45. The highest BCUT2D eigenvalue weighted by Gasteiger charge is 2.18. The van der Waals surface area contributed by atoms with Crippen LogP contribution in [-0.2, 0) is 0 Å². The first kappa shape index (κ1) is 18.0. The molecule has 1 aromatic carbocycles. The largest absolute Gasteiger partial charge is 0.317 e. The van der Waals surface area contributed by atoms with Gasteiger partial charge in [-0.15, -0.1) is 0 Å². The van der Waals surface area contributed by atoms with Crippen LogP contribution >= 0.6 is 28.1 Å². The second-order valence-electron chi connectivity index (χ2n) is 4.88. The van der Waals surface area contributed by atoms with E-state index >= 15 is 0 Å². The summed E-state index contributed by atoms with van der Waals surface area (Å²) in [5, 5.41) is 16.3. The van der Waals surface area contributed by atoms with Gasteiger partial charge in [0.15, 0.2) is 5.11 Å². The summed E-state index contributed by atoms with van der Waals surface area (Å²) in [6, 6.07) is 7.81. The third-order valence-corrected chi connectivity index (χ3v) is 4.28. The van der Waals surface area contributed by atoms with E-state index in [1.54, 1.807) is 12.1 Å². The Morgan fingerprint density at radius 1 is 1.29 bits per heavy atom. The Hall–Kier alpha value is -2.39. The van der Waals surface area contributed by atoms with Crippen LogP contribution < -0.4 is 10.6 Å². The Kier molecular flexibility index (Phi) is 5.58. The minimum Gasteiger partial charge on any atom is -0.317 e. The van der Waals surface area contributed by atoms with Crippen molar-refractivity contribution in [1.82, 2.24) is 10.3 Å². The van der Waals surface area contributed by atoms with E-state index in [0.29, 0.717) is 5.82 Å². The Balaban J connectivity index is 2.12. The number of benzene rings is 1. The van der Waals surface area contributed by atoms with Crippen molar-refractivity contribution in [2.45, 2.75) is 13.8 Å². The van der Waals surface area contributed by atoms with E-state index in [1.165, 1.54) is 25.1 Å². The Labute approximate surface area is 151 Å². The zero-order valence-corrected chi connectivity index (χ0v) is 15.2. The predicted molar refractivity (Wildman–Crippen MR) is 98.2 cm³/mol. The molecule has 1 heterocycles. The summed E-state index contributed by atoms with van der Waals surface area (Å²) in [7, 11) is 0. The highest BCUT2D eigenvalue weighted by molar-refractivity contribution is 9.10. The molecule has 0 saturated carbocycles. The number of carbonyl (C=O) groups excluding carboxylic acids is 1. The zero-order valence-electron chi connectivity index (χ0n) is 12.8. The van der Waals surface area contributed by atoms with Gasteiger partial charge in [0.2, 0.25) is 0 Å². The van der Waals surface area contributed by atoms with Crippen LogP contribution in [0.15, 0.2) is 34.8 Å². The van der Waals surface area contributed by atoms with E-state index in [2.05, 4.69) is 31.5 Å². The Morgan fingerprint density at radius 2 is 2.00 bits per heavy atom. The van der Waals surface area contributed by atoms with Gasteiger partial charge >= 0.3 is 0 Å². The molecule has 0 spiro atoms. The van der Waals surface area contributed by atoms with Gasteiger partial charge in [0.1, 0.15) is 5.82 Å². The number of thiocarbonyl (C=S) groups is 1. The van der Waals surface area contributed by atoms with Crippen LogP contribution in [0.4, 0.5) is 11.5 Å². The van der Waals surface area contributed by atoms with E-state index in [9.17, 15) is 14.9 Å². The summed E-state index contributed by atoms with van der Waals surface area (Å²) in [6.07, 6.45) is 0. The van der Waals surface area contributed by atoms with Crippen molar-refractivity contribution in [3.05, 3.63) is 61.7 Å². The minimum absolute atomic E-state index is 0.0557. The average molecular weight is 409 g/mol. The SMILES string of the molecule is Cc1nc(NC(=S)NC(=O)c2cccc([N+](=O)[O-])c2C)ccc1Br. The maximum atomic E-state index is 12.3. The smallest absolute Gasteiger partial charge is 0.273 e. The van der Waals surface area contributed by atoms with Gasteiger partial charge < -0.3 is 5.32 Å². The topological polar surface area (TPSA) is 97.2 Å². The lowest BCUT2D eigenvalue weighted by atomic mass is 10.1. The zero-order chi connectivity index (χ0) is 17.9. The summed E-state index contributed by atoms with van der Waals surface area (Å²) < 4.78 is 0.857. The van der Waals surface area contributed by atoms with Crippen molar-refractivity contribution in [3.8, 4) is 0 Å². The third kappa shape index (κ3) is 4.12. The van der Waals surface area contributed by atoms with Crippen LogP contribution in [0.1, 0.15) is 21.6 Å². The molecule has 0 saturated heterocycles. The normalized spacial score (nSPS) is 10.1. The van der Waals surface area contributed by atoms with E-state index in [1.807, 2.05) is 6.92 Å². The fraction of sp³-hybridized carbons (Fsp3) is 0.133. The molecular weight excluding hydrogens is 396 g/mol. The number of carbonyl (C=O) groups is 1. The van der Waals surface area contributed by atoms with Gasteiger partial charge in [-0.1, -0.05) is 6.07 Å². The number of nitro groups is 1. The summed E-state index contributed by atoms with van der Waals surface area (Å²) in [4.78, 5) is 26.9. The Bertz CT molecular complexity index is 841. The molecule has 2 rings (SSSR count). The molecule has 7 nitrogen and oxygen atoms in total. The molecule has 2 aromatic rings. The van der Waals surface area contributed by atoms with Crippen molar-refractivity contribution < 1.29 is 9.72 Å². The maximum absolute atomic E-state index is 12.3. The highest BCUT2D eigenvalue weighted by Crippen LogP contribution is 2.21. The maximum Gasteiger partial charge on any atom is 0.273 e. The van der Waals surface area contributed by atoms with E-state index in [0.717, 1.165) is 10.2 Å². The number of hydrogen-bond acceptors (Lipinski definition) is 5. The number of rotatable bonds is 3. The second-order valence-corrected chi connectivity index (χ2v) is 6.14. The molecule has 0 bridgehead atoms. The van der Waals surface area contributed by atoms with Crippen LogP contribution in [-0.4, -0.2) is 20.9 Å². The van der Waals surface area contributed by atoms with E-state index in [-0.39, 0.29) is 21.9 Å². The standard InChI is InChI=1S/C15H13BrN4O3S/c1-8-10(4-3-5-12(8)20(22)23)14(21)19-15(24)18-13-7-6-11(16)9(2)17-13/h3-7H,1-2H3,(H2,17,18,19,21,24). The molecular formula is C15H13BrN4O3S. The van der Waals surface area contributed by atoms with Crippen molar-refractivity contribution >= 4 is 50.7 Å². The molecule has 0 aliphatic rings. The van der Waals surface area contributed by atoms with Crippen LogP contribution in [0.2, 0.25) is 0 Å². The fourth-order valence-electron chi connectivity index (χ4n) is 2.00. The molecule has 0 fully saturated rings. The number of aryl methyl sites for hydroxylation is 1. The van der Waals surface area contributed by atoms with E-state index < -0.39 is 10.8 Å². The average Bonchev–Trinajstić information content (AvgIpc) is 2.50. The summed E-state index contributed by atoms with van der Waals surface area (Å²) in [5.41, 5.74) is 1.11. The number of nitro benzene ring substituents is 1. The minimum atomic E-state index is -0.531. The van der Waals surface area contributed by atoms with Crippen LogP contribution in [0.3, 0.4) is 0 Å². The van der Waals surface area contributed by atoms with Crippen LogP contribution in [0.25, 0.3) is 0 Å². The number of nitrogens with zero attached hydrogens (tertiary/aromatic N) is 2.